The Morgan fingerprint density at radius 2 is 1.93 bits per heavy atom. The highest BCUT2D eigenvalue weighted by Crippen LogP contribution is 2.15. The zero-order chi connectivity index (χ0) is 10.4. The van der Waals surface area contributed by atoms with Crippen LogP contribution in [0, 0.1) is 0 Å². The summed E-state index contributed by atoms with van der Waals surface area (Å²) < 4.78 is 0. The predicted molar refractivity (Wildman–Crippen MR) is 59.8 cm³/mol. The minimum absolute atomic E-state index is 0.920. The first-order valence-corrected chi connectivity index (χ1v) is 5.39. The van der Waals surface area contributed by atoms with Crippen molar-refractivity contribution in [3.63, 3.8) is 0 Å². The number of aryl methyl sites for hydroxylation is 2. The van der Waals surface area contributed by atoms with Gasteiger partial charge in [0.2, 0.25) is 0 Å². The summed E-state index contributed by atoms with van der Waals surface area (Å²) in [6, 6.07) is 6.16. The molecule has 0 aromatic heterocycles. The minimum atomic E-state index is 0.920. The molecule has 0 spiro atoms. The number of carbonyl (C=O) groups excluding carboxylic acids is 1. The van der Waals surface area contributed by atoms with Crippen molar-refractivity contribution in [2.45, 2.75) is 39.5 Å². The van der Waals surface area contributed by atoms with Gasteiger partial charge in [-0.2, -0.15) is 0 Å². The zero-order valence-electron chi connectivity index (χ0n) is 9.05. The topological polar surface area (TPSA) is 17.1 Å². The maximum absolute atomic E-state index is 11.0. The van der Waals surface area contributed by atoms with Gasteiger partial charge in [0, 0.05) is 5.56 Å². The fourth-order valence-corrected chi connectivity index (χ4v) is 1.71. The van der Waals surface area contributed by atoms with Crippen molar-refractivity contribution >= 4 is 6.29 Å². The molecule has 14 heavy (non-hydrogen) atoms. The van der Waals surface area contributed by atoms with Crippen LogP contribution in [-0.4, -0.2) is 6.29 Å². The van der Waals surface area contributed by atoms with E-state index in [9.17, 15) is 4.79 Å². The van der Waals surface area contributed by atoms with Crippen LogP contribution in [-0.2, 0) is 12.8 Å². The van der Waals surface area contributed by atoms with Gasteiger partial charge in [-0.1, -0.05) is 38.5 Å². The van der Waals surface area contributed by atoms with Crippen LogP contribution in [0.3, 0.4) is 0 Å². The molecule has 0 aliphatic heterocycles. The first kappa shape index (κ1) is 11.0. The molecule has 0 N–H and O–H groups in total. The van der Waals surface area contributed by atoms with Gasteiger partial charge in [0.05, 0.1) is 0 Å². The molecule has 0 radical (unpaired) electrons. The molecule has 0 saturated carbocycles. The lowest BCUT2D eigenvalue weighted by Gasteiger charge is -2.07. The Bertz CT molecular complexity index is 302. The SMILES string of the molecule is CCCCc1cccc(CC)c1C=O. The first-order chi connectivity index (χ1) is 6.83. The van der Waals surface area contributed by atoms with Crippen LogP contribution >= 0.6 is 0 Å². The number of carbonyl (C=O) groups is 1. The van der Waals surface area contributed by atoms with Gasteiger partial charge in [0.15, 0.2) is 6.29 Å². The van der Waals surface area contributed by atoms with E-state index in [1.54, 1.807) is 0 Å². The molecule has 1 heteroatoms. The summed E-state index contributed by atoms with van der Waals surface area (Å²) >= 11 is 0. The summed E-state index contributed by atoms with van der Waals surface area (Å²) in [6.45, 7) is 4.26. The van der Waals surface area contributed by atoms with Gasteiger partial charge in [-0.05, 0) is 30.4 Å². The molecule has 0 aliphatic carbocycles. The lowest BCUT2D eigenvalue weighted by Crippen LogP contribution is -1.98. The summed E-state index contributed by atoms with van der Waals surface area (Å²) in [7, 11) is 0. The monoisotopic (exact) mass is 190 g/mol. The van der Waals surface area contributed by atoms with Gasteiger partial charge < -0.3 is 0 Å². The van der Waals surface area contributed by atoms with Crippen molar-refractivity contribution in [2.24, 2.45) is 0 Å². The van der Waals surface area contributed by atoms with Crippen molar-refractivity contribution in [3.05, 3.63) is 34.9 Å². The smallest absolute Gasteiger partial charge is 0.150 e. The standard InChI is InChI=1S/C13H18O/c1-3-5-7-12-9-6-8-11(4-2)13(12)10-14/h6,8-10H,3-5,7H2,1-2H3. The van der Waals surface area contributed by atoms with Crippen LogP contribution in [0.5, 0.6) is 0 Å². The minimum Gasteiger partial charge on any atom is -0.298 e. The number of aldehydes is 1. The highest BCUT2D eigenvalue weighted by Gasteiger charge is 2.04. The quantitative estimate of drug-likeness (QED) is 0.650. The lowest BCUT2D eigenvalue weighted by atomic mass is 9.97. The van der Waals surface area contributed by atoms with Crippen LogP contribution in [0.15, 0.2) is 18.2 Å². The normalized spacial score (nSPS) is 10.1. The van der Waals surface area contributed by atoms with Gasteiger partial charge in [-0.15, -0.1) is 0 Å². The molecule has 1 nitrogen and oxygen atoms in total. The Morgan fingerprint density at radius 3 is 2.50 bits per heavy atom. The fourth-order valence-electron chi connectivity index (χ4n) is 1.71. The van der Waals surface area contributed by atoms with E-state index in [2.05, 4.69) is 26.0 Å². The molecule has 1 aromatic carbocycles. The van der Waals surface area contributed by atoms with E-state index < -0.39 is 0 Å². The van der Waals surface area contributed by atoms with Crippen LogP contribution in [0.25, 0.3) is 0 Å². The number of benzene rings is 1. The molecular formula is C13H18O. The van der Waals surface area contributed by atoms with Gasteiger partial charge in [-0.3, -0.25) is 4.79 Å². The number of unbranched alkanes of at least 4 members (excludes halogenated alkanes) is 1. The number of hydrogen-bond acceptors (Lipinski definition) is 1. The molecule has 1 rings (SSSR count). The molecule has 1 aromatic rings. The van der Waals surface area contributed by atoms with E-state index >= 15 is 0 Å². The Morgan fingerprint density at radius 1 is 1.21 bits per heavy atom. The summed E-state index contributed by atoms with van der Waals surface area (Å²) in [6.07, 6.45) is 5.30. The second-order valence-electron chi connectivity index (χ2n) is 3.56. The summed E-state index contributed by atoms with van der Waals surface area (Å²) in [5, 5.41) is 0. The van der Waals surface area contributed by atoms with Crippen molar-refractivity contribution in [3.8, 4) is 0 Å². The van der Waals surface area contributed by atoms with Crippen molar-refractivity contribution < 1.29 is 4.79 Å². The van der Waals surface area contributed by atoms with Gasteiger partial charge >= 0.3 is 0 Å². The van der Waals surface area contributed by atoms with E-state index in [-0.39, 0.29) is 0 Å². The zero-order valence-corrected chi connectivity index (χ0v) is 9.05. The fraction of sp³-hybridized carbons (Fsp3) is 0.462. The third-order valence-electron chi connectivity index (χ3n) is 2.59. The van der Waals surface area contributed by atoms with Crippen molar-refractivity contribution in [1.82, 2.24) is 0 Å². The average Bonchev–Trinajstić information content (AvgIpc) is 2.25. The molecule has 0 fully saturated rings. The maximum Gasteiger partial charge on any atom is 0.150 e. The van der Waals surface area contributed by atoms with Crippen LogP contribution < -0.4 is 0 Å². The maximum atomic E-state index is 11.0. The lowest BCUT2D eigenvalue weighted by molar-refractivity contribution is 0.112. The van der Waals surface area contributed by atoms with E-state index in [4.69, 9.17) is 0 Å². The van der Waals surface area contributed by atoms with Gasteiger partial charge in [0.1, 0.15) is 0 Å². The summed E-state index contributed by atoms with van der Waals surface area (Å²) in [5.74, 6) is 0. The predicted octanol–water partition coefficient (Wildman–Crippen LogP) is 3.40. The van der Waals surface area contributed by atoms with Gasteiger partial charge in [-0.25, -0.2) is 0 Å². The van der Waals surface area contributed by atoms with E-state index in [1.165, 1.54) is 17.5 Å². The van der Waals surface area contributed by atoms with Crippen molar-refractivity contribution in [2.75, 3.05) is 0 Å². The van der Waals surface area contributed by atoms with Crippen LogP contribution in [0.4, 0.5) is 0 Å². The molecule has 76 valence electrons. The Balaban J connectivity index is 2.96. The summed E-state index contributed by atoms with van der Waals surface area (Å²) in [5.41, 5.74) is 3.30. The molecule has 0 unspecified atom stereocenters. The van der Waals surface area contributed by atoms with Crippen LogP contribution in [0.1, 0.15) is 48.2 Å². The number of hydrogen-bond donors (Lipinski definition) is 0. The van der Waals surface area contributed by atoms with Crippen LogP contribution in [0.2, 0.25) is 0 Å². The summed E-state index contributed by atoms with van der Waals surface area (Å²) in [4.78, 5) is 11.0. The Hall–Kier alpha value is -1.11. The highest BCUT2D eigenvalue weighted by atomic mass is 16.1. The Labute approximate surface area is 86.1 Å². The van der Waals surface area contributed by atoms with E-state index in [1.807, 2.05) is 6.07 Å². The molecule has 0 atom stereocenters. The highest BCUT2D eigenvalue weighted by molar-refractivity contribution is 5.79. The largest absolute Gasteiger partial charge is 0.298 e. The molecule has 0 heterocycles. The molecular weight excluding hydrogens is 172 g/mol. The van der Waals surface area contributed by atoms with E-state index in [0.717, 1.165) is 31.1 Å². The van der Waals surface area contributed by atoms with Crippen molar-refractivity contribution in [1.29, 1.82) is 0 Å². The molecule has 0 bridgehead atoms. The second kappa shape index (κ2) is 5.58. The number of rotatable bonds is 5. The average molecular weight is 190 g/mol. The first-order valence-electron chi connectivity index (χ1n) is 5.39. The molecule has 0 aliphatic rings. The third-order valence-corrected chi connectivity index (χ3v) is 2.59. The Kier molecular flexibility index (Phi) is 4.37. The molecule has 0 amide bonds. The van der Waals surface area contributed by atoms with Gasteiger partial charge in [0.25, 0.3) is 0 Å². The second-order valence-corrected chi connectivity index (χ2v) is 3.56. The molecule has 0 saturated heterocycles. The third kappa shape index (κ3) is 2.44. The van der Waals surface area contributed by atoms with E-state index in [0.29, 0.717) is 0 Å².